The molecule has 0 aromatic heterocycles. The van der Waals surface area contributed by atoms with Crippen molar-refractivity contribution in [3.63, 3.8) is 0 Å². The SMILES string of the molecule is CC.CC.CNC(=O)C(C)(C)CCOC(C)(C)NC. The van der Waals surface area contributed by atoms with Crippen LogP contribution in [0.1, 0.15) is 61.8 Å². The first-order valence-corrected chi connectivity index (χ1v) is 7.30. The summed E-state index contributed by atoms with van der Waals surface area (Å²) in [6, 6.07) is 0. The van der Waals surface area contributed by atoms with Gasteiger partial charge in [0.25, 0.3) is 0 Å². The van der Waals surface area contributed by atoms with Gasteiger partial charge >= 0.3 is 0 Å². The van der Waals surface area contributed by atoms with Crippen LogP contribution in [0.4, 0.5) is 0 Å². The van der Waals surface area contributed by atoms with E-state index in [2.05, 4.69) is 10.6 Å². The highest BCUT2D eigenvalue weighted by atomic mass is 16.5. The Balaban J connectivity index is -0.000000579. The van der Waals surface area contributed by atoms with Gasteiger partial charge in [-0.25, -0.2) is 0 Å². The number of ether oxygens (including phenoxy) is 1. The van der Waals surface area contributed by atoms with E-state index >= 15 is 0 Å². The van der Waals surface area contributed by atoms with Gasteiger partial charge in [0.05, 0.1) is 0 Å². The van der Waals surface area contributed by atoms with E-state index in [1.54, 1.807) is 7.05 Å². The summed E-state index contributed by atoms with van der Waals surface area (Å²) in [5.74, 6) is 0.0494. The van der Waals surface area contributed by atoms with Crippen LogP contribution < -0.4 is 10.6 Å². The minimum Gasteiger partial charge on any atom is -0.361 e. The number of carbonyl (C=O) groups is 1. The molecule has 0 heterocycles. The second-order valence-electron chi connectivity index (χ2n) is 4.82. The Labute approximate surface area is 120 Å². The molecular weight excluding hydrogens is 240 g/mol. The van der Waals surface area contributed by atoms with E-state index in [1.807, 2.05) is 62.4 Å². The minimum atomic E-state index is -0.376. The van der Waals surface area contributed by atoms with Crippen molar-refractivity contribution >= 4 is 5.91 Å². The minimum absolute atomic E-state index is 0.0494. The van der Waals surface area contributed by atoms with E-state index < -0.39 is 0 Å². The highest BCUT2D eigenvalue weighted by Gasteiger charge is 2.27. The average molecular weight is 276 g/mol. The van der Waals surface area contributed by atoms with Gasteiger partial charge in [0.1, 0.15) is 5.72 Å². The van der Waals surface area contributed by atoms with Gasteiger partial charge < -0.3 is 10.1 Å². The van der Waals surface area contributed by atoms with Crippen molar-refractivity contribution < 1.29 is 9.53 Å². The molecule has 1 amide bonds. The molecular formula is C15H36N2O2. The molecule has 4 nitrogen and oxygen atoms in total. The van der Waals surface area contributed by atoms with Crippen LogP contribution in [0.2, 0.25) is 0 Å². The average Bonchev–Trinajstić information content (AvgIpc) is 2.41. The lowest BCUT2D eigenvalue weighted by Crippen LogP contribution is -2.41. The van der Waals surface area contributed by atoms with Gasteiger partial charge in [-0.15, -0.1) is 0 Å². The number of carbonyl (C=O) groups excluding carboxylic acids is 1. The van der Waals surface area contributed by atoms with Crippen molar-refractivity contribution in [3.05, 3.63) is 0 Å². The lowest BCUT2D eigenvalue weighted by Gasteiger charge is -2.28. The van der Waals surface area contributed by atoms with Crippen molar-refractivity contribution in [2.75, 3.05) is 20.7 Å². The van der Waals surface area contributed by atoms with Crippen molar-refractivity contribution in [2.24, 2.45) is 5.41 Å². The third-order valence-corrected chi connectivity index (χ3v) is 2.63. The summed E-state index contributed by atoms with van der Waals surface area (Å²) in [6.07, 6.45) is 0.706. The van der Waals surface area contributed by atoms with Gasteiger partial charge in [-0.1, -0.05) is 41.5 Å². The van der Waals surface area contributed by atoms with E-state index in [0.29, 0.717) is 13.0 Å². The first kappa shape index (κ1) is 23.5. The predicted molar refractivity (Wildman–Crippen MR) is 84.3 cm³/mol. The van der Waals surface area contributed by atoms with E-state index in [1.165, 1.54) is 0 Å². The molecule has 118 valence electrons. The van der Waals surface area contributed by atoms with Gasteiger partial charge in [-0.2, -0.15) is 0 Å². The fourth-order valence-corrected chi connectivity index (χ4v) is 1.09. The maximum Gasteiger partial charge on any atom is 0.225 e. The molecule has 0 saturated heterocycles. The Morgan fingerprint density at radius 2 is 1.42 bits per heavy atom. The fraction of sp³-hybridized carbons (Fsp3) is 0.933. The summed E-state index contributed by atoms with van der Waals surface area (Å²) >= 11 is 0. The maximum absolute atomic E-state index is 11.5. The molecule has 0 saturated carbocycles. The largest absolute Gasteiger partial charge is 0.361 e. The molecule has 4 heteroatoms. The lowest BCUT2D eigenvalue weighted by atomic mass is 9.89. The third-order valence-electron chi connectivity index (χ3n) is 2.63. The van der Waals surface area contributed by atoms with Crippen LogP contribution in [-0.2, 0) is 9.53 Å². The van der Waals surface area contributed by atoms with E-state index in [4.69, 9.17) is 4.74 Å². The zero-order chi connectivity index (χ0) is 16.1. The van der Waals surface area contributed by atoms with Gasteiger partial charge in [-0.05, 0) is 27.3 Å². The Bertz CT molecular complexity index is 214. The van der Waals surface area contributed by atoms with Crippen LogP contribution in [0, 0.1) is 5.41 Å². The number of rotatable bonds is 6. The Morgan fingerprint density at radius 1 is 1.00 bits per heavy atom. The number of nitrogens with one attached hydrogen (secondary N) is 2. The van der Waals surface area contributed by atoms with E-state index in [-0.39, 0.29) is 17.0 Å². The fourth-order valence-electron chi connectivity index (χ4n) is 1.09. The molecule has 0 fully saturated rings. The summed E-state index contributed by atoms with van der Waals surface area (Å²) in [5.41, 5.74) is -0.711. The van der Waals surface area contributed by atoms with Gasteiger partial charge in [0, 0.05) is 19.1 Å². The summed E-state index contributed by atoms with van der Waals surface area (Å²) < 4.78 is 5.62. The monoisotopic (exact) mass is 276 g/mol. The highest BCUT2D eigenvalue weighted by Crippen LogP contribution is 2.21. The molecule has 0 rings (SSSR count). The number of hydrogen-bond donors (Lipinski definition) is 2. The van der Waals surface area contributed by atoms with Gasteiger partial charge in [-0.3, -0.25) is 10.1 Å². The topological polar surface area (TPSA) is 50.4 Å². The summed E-state index contributed by atoms with van der Waals surface area (Å²) in [7, 11) is 3.51. The normalized spacial score (nSPS) is 10.6. The van der Waals surface area contributed by atoms with Gasteiger partial charge in [0.2, 0.25) is 5.91 Å². The molecule has 0 aromatic carbocycles. The summed E-state index contributed by atoms with van der Waals surface area (Å²) in [5, 5.41) is 5.70. The zero-order valence-electron chi connectivity index (χ0n) is 14.7. The first-order valence-electron chi connectivity index (χ1n) is 7.30. The molecule has 0 aliphatic heterocycles. The molecule has 0 spiro atoms. The Kier molecular flexibility index (Phi) is 15.4. The van der Waals surface area contributed by atoms with E-state index in [0.717, 1.165) is 0 Å². The maximum atomic E-state index is 11.5. The molecule has 0 unspecified atom stereocenters. The molecule has 0 aliphatic rings. The third kappa shape index (κ3) is 12.2. The zero-order valence-corrected chi connectivity index (χ0v) is 14.7. The van der Waals surface area contributed by atoms with Crippen LogP contribution in [0.5, 0.6) is 0 Å². The number of amides is 1. The van der Waals surface area contributed by atoms with Crippen LogP contribution in [0.3, 0.4) is 0 Å². The summed E-state index contributed by atoms with van der Waals surface area (Å²) in [6.45, 7) is 16.3. The van der Waals surface area contributed by atoms with Crippen molar-refractivity contribution in [1.29, 1.82) is 0 Å². The smallest absolute Gasteiger partial charge is 0.225 e. The van der Waals surface area contributed by atoms with Crippen LogP contribution in [0.25, 0.3) is 0 Å². The van der Waals surface area contributed by atoms with Crippen molar-refractivity contribution in [2.45, 2.75) is 67.5 Å². The van der Waals surface area contributed by atoms with Gasteiger partial charge in [0.15, 0.2) is 0 Å². The molecule has 2 N–H and O–H groups in total. The second-order valence-corrected chi connectivity index (χ2v) is 4.82. The number of hydrogen-bond acceptors (Lipinski definition) is 3. The van der Waals surface area contributed by atoms with Crippen molar-refractivity contribution in [3.8, 4) is 0 Å². The molecule has 0 radical (unpaired) electrons. The molecule has 0 bridgehead atoms. The lowest BCUT2D eigenvalue weighted by molar-refractivity contribution is -0.131. The second kappa shape index (κ2) is 12.4. The van der Waals surface area contributed by atoms with Crippen LogP contribution >= 0.6 is 0 Å². The van der Waals surface area contributed by atoms with E-state index in [9.17, 15) is 4.79 Å². The van der Waals surface area contributed by atoms with Crippen LogP contribution in [0.15, 0.2) is 0 Å². The highest BCUT2D eigenvalue weighted by molar-refractivity contribution is 5.81. The quantitative estimate of drug-likeness (QED) is 0.733. The first-order chi connectivity index (χ1) is 8.75. The Hall–Kier alpha value is -0.610. The summed E-state index contributed by atoms with van der Waals surface area (Å²) in [4.78, 5) is 11.5. The molecule has 0 aromatic rings. The van der Waals surface area contributed by atoms with Crippen molar-refractivity contribution in [1.82, 2.24) is 10.6 Å². The molecule has 0 atom stereocenters. The standard InChI is InChI=1S/C11H24N2O2.2C2H6/c1-10(2,9(14)12-5)7-8-15-11(3,4)13-6;2*1-2/h13H,7-8H2,1-6H3,(H,12,14);2*1-2H3. The Morgan fingerprint density at radius 3 is 1.74 bits per heavy atom. The molecule has 0 aliphatic carbocycles. The predicted octanol–water partition coefficient (Wildman–Crippen LogP) is 3.17. The molecule has 19 heavy (non-hydrogen) atoms. The van der Waals surface area contributed by atoms with Crippen LogP contribution in [-0.4, -0.2) is 32.3 Å².